The van der Waals surface area contributed by atoms with Crippen molar-refractivity contribution in [1.82, 2.24) is 9.80 Å². The van der Waals surface area contributed by atoms with Crippen LogP contribution in [0.5, 0.6) is 0 Å². The predicted molar refractivity (Wildman–Crippen MR) is 151 cm³/mol. The van der Waals surface area contributed by atoms with Gasteiger partial charge < -0.3 is 14.5 Å². The first-order chi connectivity index (χ1) is 18.8. The van der Waals surface area contributed by atoms with E-state index in [1.54, 1.807) is 25.7 Å². The van der Waals surface area contributed by atoms with E-state index in [4.69, 9.17) is 27.9 Å². The van der Waals surface area contributed by atoms with Crippen LogP contribution in [-0.2, 0) is 27.3 Å². The molecule has 2 amide bonds. The first-order valence-corrected chi connectivity index (χ1v) is 15.1. The van der Waals surface area contributed by atoms with Crippen molar-refractivity contribution in [2.45, 2.75) is 50.9 Å². The second-order valence-corrected chi connectivity index (χ2v) is 13.7. The molecule has 1 aliphatic heterocycles. The van der Waals surface area contributed by atoms with Crippen molar-refractivity contribution in [2.24, 2.45) is 0 Å². The summed E-state index contributed by atoms with van der Waals surface area (Å²) in [6.07, 6.45) is -5.24. The Hall–Kier alpha value is -2.54. The van der Waals surface area contributed by atoms with Gasteiger partial charge in [-0.25, -0.2) is 13.2 Å². The zero-order valence-corrected chi connectivity index (χ0v) is 25.6. The lowest BCUT2D eigenvalue weighted by atomic mass is 10.0. The van der Waals surface area contributed by atoms with Crippen molar-refractivity contribution < 1.29 is 35.9 Å². The molecule has 14 heteroatoms. The fraction of sp³-hybridized carbons (Fsp3) is 0.481. The maximum atomic E-state index is 14.1. The molecular formula is C27H32Cl2F3N3O5S. The summed E-state index contributed by atoms with van der Waals surface area (Å²) in [6, 6.07) is 5.70. The molecule has 8 nitrogen and oxygen atoms in total. The maximum absolute atomic E-state index is 14.1. The topological polar surface area (TPSA) is 87.2 Å². The number of ether oxygens (including phenoxy) is 1. The zero-order chi connectivity index (χ0) is 30.9. The number of carbonyl (C=O) groups excluding carboxylic acids is 2. The van der Waals surface area contributed by atoms with Crippen LogP contribution in [0.25, 0.3) is 0 Å². The van der Waals surface area contributed by atoms with Crippen molar-refractivity contribution in [2.75, 3.05) is 43.9 Å². The third kappa shape index (κ3) is 8.06. The summed E-state index contributed by atoms with van der Waals surface area (Å²) in [4.78, 5) is 29.5. The molecule has 0 bridgehead atoms. The van der Waals surface area contributed by atoms with Gasteiger partial charge in [-0.05, 0) is 50.6 Å². The van der Waals surface area contributed by atoms with E-state index in [9.17, 15) is 31.2 Å². The van der Waals surface area contributed by atoms with Crippen molar-refractivity contribution >= 4 is 50.7 Å². The second kappa shape index (κ2) is 12.4. The van der Waals surface area contributed by atoms with Crippen LogP contribution in [0.4, 0.5) is 23.7 Å². The average Bonchev–Trinajstić information content (AvgIpc) is 2.86. The number of halogens is 5. The Morgan fingerprint density at radius 2 is 1.63 bits per heavy atom. The summed E-state index contributed by atoms with van der Waals surface area (Å²) in [6.45, 7) is 7.87. The number of hydrogen-bond donors (Lipinski definition) is 0. The minimum atomic E-state index is -4.77. The molecule has 0 spiro atoms. The third-order valence-corrected chi connectivity index (χ3v) is 8.87. The molecule has 1 fully saturated rings. The molecule has 1 saturated heterocycles. The molecule has 41 heavy (non-hydrogen) atoms. The lowest BCUT2D eigenvalue weighted by molar-refractivity contribution is -0.138. The van der Waals surface area contributed by atoms with E-state index in [1.165, 1.54) is 43.1 Å². The first kappa shape index (κ1) is 33.0. The average molecular weight is 639 g/mol. The van der Waals surface area contributed by atoms with Gasteiger partial charge in [0.15, 0.2) is 9.84 Å². The second-order valence-electron chi connectivity index (χ2n) is 10.6. The van der Waals surface area contributed by atoms with Crippen LogP contribution in [0.2, 0.25) is 10.0 Å². The molecule has 226 valence electrons. The minimum Gasteiger partial charge on any atom is -0.444 e. The van der Waals surface area contributed by atoms with Crippen molar-refractivity contribution in [3.8, 4) is 0 Å². The number of nitrogens with zero attached hydrogens (tertiary/aromatic N) is 3. The normalized spacial score (nSPS) is 15.1. The number of rotatable bonds is 6. The molecule has 1 aliphatic rings. The number of piperazine rings is 1. The van der Waals surface area contributed by atoms with Crippen LogP contribution >= 0.6 is 23.2 Å². The Morgan fingerprint density at radius 1 is 1.02 bits per heavy atom. The molecule has 0 unspecified atom stereocenters. The maximum Gasteiger partial charge on any atom is 0.416 e. The highest BCUT2D eigenvalue weighted by atomic mass is 35.5. The highest BCUT2D eigenvalue weighted by molar-refractivity contribution is 7.91. The van der Waals surface area contributed by atoms with Gasteiger partial charge in [0.25, 0.3) is 5.91 Å². The van der Waals surface area contributed by atoms with Crippen molar-refractivity contribution in [3.05, 3.63) is 57.1 Å². The van der Waals surface area contributed by atoms with E-state index >= 15 is 0 Å². The van der Waals surface area contributed by atoms with Gasteiger partial charge in [-0.3, -0.25) is 9.69 Å². The number of hydrogen-bond acceptors (Lipinski definition) is 6. The van der Waals surface area contributed by atoms with E-state index in [2.05, 4.69) is 0 Å². The van der Waals surface area contributed by atoms with E-state index in [1.807, 2.05) is 0 Å². The van der Waals surface area contributed by atoms with Crippen molar-refractivity contribution in [3.63, 3.8) is 0 Å². The third-order valence-electron chi connectivity index (χ3n) is 6.43. The minimum absolute atomic E-state index is 0.0394. The number of alkyl halides is 3. The van der Waals surface area contributed by atoms with Crippen molar-refractivity contribution in [1.29, 1.82) is 0 Å². The number of anilines is 1. The molecule has 3 rings (SSSR count). The fourth-order valence-electron chi connectivity index (χ4n) is 4.32. The molecule has 0 atom stereocenters. The molecule has 0 aliphatic carbocycles. The standard InChI is InChI=1S/C27H32Cl2F3N3O5S/c1-6-41(38,39)23-21(29)14-19(28)15-22(23)33(5)24(36)17-7-8-18(20(13-17)27(30,31)32)16-34-9-11-35(12-10-34)25(37)40-26(2,3)4/h7-8,13-15H,6,9-12,16H2,1-5H3. The summed E-state index contributed by atoms with van der Waals surface area (Å²) in [5.74, 6) is -1.19. The van der Waals surface area contributed by atoms with Gasteiger partial charge in [-0.2, -0.15) is 13.2 Å². The fourth-order valence-corrected chi connectivity index (χ4v) is 6.31. The molecule has 0 saturated carbocycles. The van der Waals surface area contributed by atoms with Gasteiger partial charge in [0.1, 0.15) is 10.5 Å². The zero-order valence-electron chi connectivity index (χ0n) is 23.3. The Balaban J connectivity index is 1.86. The van der Waals surface area contributed by atoms with E-state index in [0.29, 0.717) is 26.2 Å². The molecule has 2 aromatic carbocycles. The molecule has 1 heterocycles. The van der Waals surface area contributed by atoms with Crippen LogP contribution in [0, 0.1) is 0 Å². The van der Waals surface area contributed by atoms with Gasteiger partial charge in [0.05, 0.1) is 22.0 Å². The summed E-state index contributed by atoms with van der Waals surface area (Å²) >= 11 is 12.2. The van der Waals surface area contributed by atoms with Crippen LogP contribution in [0.15, 0.2) is 35.2 Å². The Bertz CT molecular complexity index is 1420. The van der Waals surface area contributed by atoms with Crippen LogP contribution in [-0.4, -0.2) is 74.8 Å². The largest absolute Gasteiger partial charge is 0.444 e. The number of benzene rings is 2. The highest BCUT2D eigenvalue weighted by Gasteiger charge is 2.36. The summed E-state index contributed by atoms with van der Waals surface area (Å²) in [5.41, 5.74) is -2.13. The lowest BCUT2D eigenvalue weighted by Gasteiger charge is -2.36. The molecular weight excluding hydrogens is 606 g/mol. The first-order valence-electron chi connectivity index (χ1n) is 12.7. The van der Waals surface area contributed by atoms with Crippen LogP contribution in [0.3, 0.4) is 0 Å². The Morgan fingerprint density at radius 3 is 2.17 bits per heavy atom. The van der Waals surface area contributed by atoms with Gasteiger partial charge in [-0.1, -0.05) is 36.2 Å². The highest BCUT2D eigenvalue weighted by Crippen LogP contribution is 2.37. The van der Waals surface area contributed by atoms with Gasteiger partial charge in [-0.15, -0.1) is 0 Å². The molecule has 2 aromatic rings. The summed E-state index contributed by atoms with van der Waals surface area (Å²) in [7, 11) is -2.67. The van der Waals surface area contributed by atoms with Crippen LogP contribution < -0.4 is 4.90 Å². The monoisotopic (exact) mass is 637 g/mol. The van der Waals surface area contributed by atoms with Gasteiger partial charge >= 0.3 is 12.3 Å². The molecule has 0 N–H and O–H groups in total. The smallest absolute Gasteiger partial charge is 0.416 e. The number of carbonyl (C=O) groups is 2. The number of amides is 2. The molecule has 0 radical (unpaired) electrons. The number of sulfone groups is 1. The van der Waals surface area contributed by atoms with Gasteiger partial charge in [0, 0.05) is 50.4 Å². The van der Waals surface area contributed by atoms with E-state index in [-0.39, 0.29) is 44.1 Å². The SMILES string of the molecule is CCS(=O)(=O)c1c(Cl)cc(Cl)cc1N(C)C(=O)c1ccc(CN2CCN(C(=O)OC(C)(C)C)CC2)c(C(F)(F)F)c1. The summed E-state index contributed by atoms with van der Waals surface area (Å²) in [5, 5.41) is -0.148. The van der Waals surface area contributed by atoms with E-state index in [0.717, 1.165) is 11.0 Å². The molecule has 0 aromatic heterocycles. The lowest BCUT2D eigenvalue weighted by Crippen LogP contribution is -2.49. The van der Waals surface area contributed by atoms with Crippen LogP contribution in [0.1, 0.15) is 49.2 Å². The van der Waals surface area contributed by atoms with E-state index < -0.39 is 39.2 Å². The Kier molecular flexibility index (Phi) is 9.94. The Labute approximate surface area is 247 Å². The predicted octanol–water partition coefficient (Wildman–Crippen LogP) is 6.14. The quantitative estimate of drug-likeness (QED) is 0.378. The summed E-state index contributed by atoms with van der Waals surface area (Å²) < 4.78 is 73.2. The van der Waals surface area contributed by atoms with Gasteiger partial charge in [0.2, 0.25) is 0 Å².